The minimum absolute atomic E-state index is 0.257. The van der Waals surface area contributed by atoms with Crippen LogP contribution in [0.5, 0.6) is 17.2 Å². The van der Waals surface area contributed by atoms with Crippen LogP contribution in [0.25, 0.3) is 0 Å². The summed E-state index contributed by atoms with van der Waals surface area (Å²) < 4.78 is 21.8. The molecule has 134 valence electrons. The highest BCUT2D eigenvalue weighted by atomic mass is 16.6. The molecule has 7 heteroatoms. The normalized spacial score (nSPS) is 14.7. The number of nitrogens with two attached hydrogens (primary N) is 1. The van der Waals surface area contributed by atoms with Gasteiger partial charge in [0.1, 0.15) is 18.8 Å². The number of hydrogen-bond donors (Lipinski definition) is 2. The van der Waals surface area contributed by atoms with Gasteiger partial charge in [0.25, 0.3) is 0 Å². The second kappa shape index (κ2) is 7.61. The van der Waals surface area contributed by atoms with E-state index in [2.05, 4.69) is 5.32 Å². The van der Waals surface area contributed by atoms with Gasteiger partial charge in [-0.25, -0.2) is 4.79 Å². The summed E-state index contributed by atoms with van der Waals surface area (Å²) in [5.74, 6) is 1.86. The van der Waals surface area contributed by atoms with Crippen LogP contribution >= 0.6 is 0 Å². The van der Waals surface area contributed by atoms with Gasteiger partial charge in [0, 0.05) is 12.6 Å². The average Bonchev–Trinajstić information content (AvgIpc) is 2.51. The molecular formula is C17H26N2O5. The smallest absolute Gasteiger partial charge is 0.407 e. The quantitative estimate of drug-likeness (QED) is 0.851. The van der Waals surface area contributed by atoms with Crippen LogP contribution in [0.1, 0.15) is 26.3 Å². The van der Waals surface area contributed by atoms with E-state index >= 15 is 0 Å². The number of ether oxygens (including phenoxy) is 4. The minimum Gasteiger partial charge on any atom is -0.493 e. The summed E-state index contributed by atoms with van der Waals surface area (Å²) in [5, 5.41) is 2.79. The molecule has 0 aliphatic carbocycles. The van der Waals surface area contributed by atoms with Crippen LogP contribution in [-0.4, -0.2) is 44.6 Å². The van der Waals surface area contributed by atoms with Crippen molar-refractivity contribution in [2.75, 3.05) is 26.9 Å². The fourth-order valence-corrected chi connectivity index (χ4v) is 2.40. The predicted octanol–water partition coefficient (Wildman–Crippen LogP) is 1.86. The summed E-state index contributed by atoms with van der Waals surface area (Å²) in [7, 11) is 1.58. The van der Waals surface area contributed by atoms with Gasteiger partial charge >= 0.3 is 6.09 Å². The Kier molecular flexibility index (Phi) is 5.77. The molecule has 0 bridgehead atoms. The highest BCUT2D eigenvalue weighted by Crippen LogP contribution is 2.40. The van der Waals surface area contributed by atoms with Crippen molar-refractivity contribution in [2.24, 2.45) is 5.73 Å². The van der Waals surface area contributed by atoms with Gasteiger partial charge in [-0.2, -0.15) is 0 Å². The van der Waals surface area contributed by atoms with Crippen LogP contribution in [0.15, 0.2) is 12.1 Å². The van der Waals surface area contributed by atoms with Crippen LogP contribution in [0.3, 0.4) is 0 Å². The van der Waals surface area contributed by atoms with Crippen molar-refractivity contribution >= 4 is 6.09 Å². The summed E-state index contributed by atoms with van der Waals surface area (Å²) in [4.78, 5) is 11.9. The van der Waals surface area contributed by atoms with Gasteiger partial charge in [-0.05, 0) is 44.9 Å². The summed E-state index contributed by atoms with van der Waals surface area (Å²) >= 11 is 0. The molecule has 0 saturated heterocycles. The van der Waals surface area contributed by atoms with Crippen LogP contribution in [0, 0.1) is 0 Å². The lowest BCUT2D eigenvalue weighted by Gasteiger charge is -2.24. The third-order valence-electron chi connectivity index (χ3n) is 3.38. The van der Waals surface area contributed by atoms with Gasteiger partial charge in [-0.1, -0.05) is 0 Å². The first kappa shape index (κ1) is 18.2. The molecule has 1 aromatic rings. The molecular weight excluding hydrogens is 312 g/mol. The number of hydrogen-bond acceptors (Lipinski definition) is 6. The summed E-state index contributed by atoms with van der Waals surface area (Å²) in [6, 6.07) is 3.50. The monoisotopic (exact) mass is 338 g/mol. The number of benzene rings is 1. The molecule has 1 aromatic carbocycles. The molecule has 2 rings (SSSR count). The summed E-state index contributed by atoms with van der Waals surface area (Å²) in [6.07, 6.45) is 0.0467. The number of alkyl carbamates (subject to hydrolysis) is 1. The Morgan fingerprint density at radius 2 is 2.04 bits per heavy atom. The van der Waals surface area contributed by atoms with E-state index in [0.717, 1.165) is 5.56 Å². The highest BCUT2D eigenvalue weighted by molar-refractivity contribution is 5.68. The number of fused-ring (bicyclic) bond motifs is 1. The molecule has 1 atom stereocenters. The average molecular weight is 338 g/mol. The van der Waals surface area contributed by atoms with E-state index < -0.39 is 11.7 Å². The Hall–Kier alpha value is -2.15. The molecule has 0 saturated carbocycles. The van der Waals surface area contributed by atoms with Gasteiger partial charge in [0.15, 0.2) is 11.5 Å². The molecule has 1 aliphatic heterocycles. The van der Waals surface area contributed by atoms with E-state index in [1.54, 1.807) is 7.11 Å². The van der Waals surface area contributed by atoms with Crippen LogP contribution < -0.4 is 25.3 Å². The number of carbonyl (C=O) groups is 1. The van der Waals surface area contributed by atoms with Crippen molar-refractivity contribution in [1.29, 1.82) is 0 Å². The summed E-state index contributed by atoms with van der Waals surface area (Å²) in [6.45, 7) is 6.72. The number of nitrogens with one attached hydrogen (secondary N) is 1. The van der Waals surface area contributed by atoms with E-state index in [0.29, 0.717) is 36.9 Å². The molecule has 24 heavy (non-hydrogen) atoms. The molecule has 7 nitrogen and oxygen atoms in total. The van der Waals surface area contributed by atoms with Gasteiger partial charge in [0.05, 0.1) is 7.11 Å². The first-order chi connectivity index (χ1) is 11.3. The summed E-state index contributed by atoms with van der Waals surface area (Å²) in [5.41, 5.74) is 6.16. The second-order valence-electron chi connectivity index (χ2n) is 6.61. The van der Waals surface area contributed by atoms with Crippen LogP contribution in [0.2, 0.25) is 0 Å². The minimum atomic E-state index is -0.552. The number of methoxy groups -OCH3 is 1. The second-order valence-corrected chi connectivity index (χ2v) is 6.61. The Balaban J connectivity index is 2.09. The topological polar surface area (TPSA) is 92.0 Å². The first-order valence-corrected chi connectivity index (χ1v) is 7.98. The van der Waals surface area contributed by atoms with E-state index in [1.807, 2.05) is 32.9 Å². The maximum absolute atomic E-state index is 11.9. The Labute approximate surface area is 142 Å². The largest absolute Gasteiger partial charge is 0.493 e. The Bertz CT molecular complexity index is 566. The molecule has 0 fully saturated rings. The fraction of sp³-hybridized carbons (Fsp3) is 0.588. The zero-order valence-corrected chi connectivity index (χ0v) is 14.7. The molecule has 3 N–H and O–H groups in total. The van der Waals surface area contributed by atoms with Crippen molar-refractivity contribution in [1.82, 2.24) is 5.32 Å². The van der Waals surface area contributed by atoms with Crippen LogP contribution in [0.4, 0.5) is 4.79 Å². The van der Waals surface area contributed by atoms with Crippen molar-refractivity contribution in [3.05, 3.63) is 17.7 Å². The molecule has 0 aromatic heterocycles. The maximum atomic E-state index is 11.9. The molecule has 1 amide bonds. The third-order valence-corrected chi connectivity index (χ3v) is 3.38. The Morgan fingerprint density at radius 1 is 1.33 bits per heavy atom. The van der Waals surface area contributed by atoms with Crippen LogP contribution in [-0.2, 0) is 11.2 Å². The fourth-order valence-electron chi connectivity index (χ4n) is 2.40. The van der Waals surface area contributed by atoms with Gasteiger partial charge in [-0.15, -0.1) is 0 Å². The third kappa shape index (κ3) is 4.92. The zero-order valence-electron chi connectivity index (χ0n) is 14.7. The van der Waals surface area contributed by atoms with Gasteiger partial charge < -0.3 is 30.0 Å². The van der Waals surface area contributed by atoms with Crippen molar-refractivity contribution < 1.29 is 23.7 Å². The lowest BCUT2D eigenvalue weighted by molar-refractivity contribution is 0.0506. The maximum Gasteiger partial charge on any atom is 0.407 e. The van der Waals surface area contributed by atoms with E-state index in [9.17, 15) is 4.79 Å². The van der Waals surface area contributed by atoms with Crippen molar-refractivity contribution in [3.8, 4) is 17.2 Å². The SMILES string of the molecule is COc1cc(CC(CN)NC(=O)OC(C)(C)C)cc2c1OCCO2. The zero-order chi connectivity index (χ0) is 17.7. The number of carbonyl (C=O) groups excluding carboxylic acids is 1. The Morgan fingerprint density at radius 3 is 2.67 bits per heavy atom. The van der Waals surface area contributed by atoms with Gasteiger partial charge in [0.2, 0.25) is 5.75 Å². The van der Waals surface area contributed by atoms with Crippen molar-refractivity contribution in [3.63, 3.8) is 0 Å². The molecule has 0 spiro atoms. The number of amides is 1. The lowest BCUT2D eigenvalue weighted by Crippen LogP contribution is -2.44. The first-order valence-electron chi connectivity index (χ1n) is 7.98. The predicted molar refractivity (Wildman–Crippen MR) is 89.9 cm³/mol. The standard InChI is InChI=1S/C17H26N2O5/c1-17(2,3)24-16(20)19-12(10-18)7-11-8-13(21-4)15-14(9-11)22-5-6-23-15/h8-9,12H,5-7,10,18H2,1-4H3,(H,19,20). The van der Waals surface area contributed by atoms with Gasteiger partial charge in [-0.3, -0.25) is 0 Å². The molecule has 1 unspecified atom stereocenters. The van der Waals surface area contributed by atoms with Crippen molar-refractivity contribution in [2.45, 2.75) is 38.8 Å². The molecule has 0 radical (unpaired) electrons. The lowest BCUT2D eigenvalue weighted by atomic mass is 10.0. The molecule has 1 heterocycles. The van der Waals surface area contributed by atoms with E-state index in [-0.39, 0.29) is 12.6 Å². The highest BCUT2D eigenvalue weighted by Gasteiger charge is 2.22. The van der Waals surface area contributed by atoms with E-state index in [4.69, 9.17) is 24.7 Å². The molecule has 1 aliphatic rings. The van der Waals surface area contributed by atoms with E-state index in [1.165, 1.54) is 0 Å². The number of rotatable bonds is 5.